The van der Waals surface area contributed by atoms with Gasteiger partial charge in [-0.15, -0.1) is 10.2 Å². The molecule has 0 radical (unpaired) electrons. The maximum Gasteiger partial charge on any atom is 0.275 e. The molecule has 7 rings (SSSR count). The first kappa shape index (κ1) is 26.7. The van der Waals surface area contributed by atoms with Gasteiger partial charge in [-0.05, 0) is 62.6 Å². The summed E-state index contributed by atoms with van der Waals surface area (Å²) < 4.78 is 21.0. The molecule has 1 aromatic carbocycles. The first-order valence-corrected chi connectivity index (χ1v) is 14.1. The van der Waals surface area contributed by atoms with Crippen molar-refractivity contribution >= 4 is 17.6 Å². The van der Waals surface area contributed by atoms with E-state index in [0.717, 1.165) is 24.2 Å². The molecular formula is C30H29FN10O2. The number of fused-ring (bicyclic) bond motifs is 3. The van der Waals surface area contributed by atoms with Crippen LogP contribution >= 0.6 is 0 Å². The third-order valence-electron chi connectivity index (χ3n) is 7.81. The third-order valence-corrected chi connectivity index (χ3v) is 7.81. The number of nitrogens with zero attached hydrogens (tertiary/aromatic N) is 9. The van der Waals surface area contributed by atoms with Crippen molar-refractivity contribution in [2.45, 2.75) is 51.7 Å². The molecule has 0 bridgehead atoms. The molecule has 5 heterocycles. The lowest BCUT2D eigenvalue weighted by molar-refractivity contribution is 0.0723. The highest BCUT2D eigenvalue weighted by Crippen LogP contribution is 2.42. The molecule has 1 aliphatic carbocycles. The number of aromatic nitrogens is 8. The molecule has 0 atom stereocenters. The molecule has 1 N–H and O–H groups in total. The second-order valence-corrected chi connectivity index (χ2v) is 11.2. The van der Waals surface area contributed by atoms with Crippen LogP contribution in [-0.4, -0.2) is 55.8 Å². The van der Waals surface area contributed by atoms with Crippen molar-refractivity contribution in [2.75, 3.05) is 5.32 Å². The second-order valence-electron chi connectivity index (χ2n) is 11.2. The van der Waals surface area contributed by atoms with E-state index >= 15 is 4.39 Å². The van der Waals surface area contributed by atoms with E-state index in [9.17, 15) is 9.59 Å². The van der Waals surface area contributed by atoms with Gasteiger partial charge in [0, 0.05) is 31.7 Å². The zero-order valence-corrected chi connectivity index (χ0v) is 23.9. The summed E-state index contributed by atoms with van der Waals surface area (Å²) in [5.41, 5.74) is 3.63. The number of anilines is 1. The second kappa shape index (κ2) is 10.3. The first-order chi connectivity index (χ1) is 20.8. The lowest BCUT2D eigenvalue weighted by Gasteiger charge is -2.20. The van der Waals surface area contributed by atoms with Crippen LogP contribution in [0.5, 0.6) is 0 Å². The SMILES string of the molecule is CC(C)n1cnnc1-c1cccc(NC(=O)c2cc3c(cc2F)CN(C(=O)c2ccn(C)n2)Cc2c(C4CC4)ncn2-3)n1. The Kier molecular flexibility index (Phi) is 6.37. The molecule has 4 aromatic heterocycles. The van der Waals surface area contributed by atoms with E-state index < -0.39 is 11.7 Å². The summed E-state index contributed by atoms with van der Waals surface area (Å²) in [6.45, 7) is 4.45. The third kappa shape index (κ3) is 4.86. The number of pyridine rings is 1. The standard InChI is InChI=1S/C30H29FN10O2/c1-17(2)40-16-33-36-28(40)22-5-4-6-26(34-22)35-29(42)20-12-24-19(11-21(20)31)13-39(30(43)23-9-10-38(3)37-23)14-25-27(18-7-8-18)32-15-41(24)25/h4-6,9-12,15-18H,7-8,13-14H2,1-3H3,(H,34,35,42). The van der Waals surface area contributed by atoms with Crippen LogP contribution in [-0.2, 0) is 20.1 Å². The Balaban J connectivity index is 1.23. The monoisotopic (exact) mass is 580 g/mol. The van der Waals surface area contributed by atoms with E-state index in [1.807, 2.05) is 23.0 Å². The summed E-state index contributed by atoms with van der Waals surface area (Å²) in [7, 11) is 1.75. The zero-order chi connectivity index (χ0) is 29.8. The van der Waals surface area contributed by atoms with Crippen LogP contribution < -0.4 is 5.32 Å². The number of halogens is 1. The maximum absolute atomic E-state index is 15.6. The van der Waals surface area contributed by atoms with Crippen LogP contribution in [0, 0.1) is 5.82 Å². The number of carbonyl (C=O) groups is 2. The van der Waals surface area contributed by atoms with Gasteiger partial charge in [-0.2, -0.15) is 5.10 Å². The lowest BCUT2D eigenvalue weighted by atomic mass is 10.1. The van der Waals surface area contributed by atoms with Crippen LogP contribution in [0.2, 0.25) is 0 Å². The van der Waals surface area contributed by atoms with Crippen LogP contribution in [0.15, 0.2) is 55.2 Å². The maximum atomic E-state index is 15.6. The summed E-state index contributed by atoms with van der Waals surface area (Å²) in [5.74, 6) is -0.474. The number of amides is 2. The Morgan fingerprint density at radius 3 is 2.67 bits per heavy atom. The van der Waals surface area contributed by atoms with E-state index in [0.29, 0.717) is 34.4 Å². The molecule has 0 saturated heterocycles. The Labute approximate surface area is 246 Å². The van der Waals surface area contributed by atoms with Gasteiger partial charge < -0.3 is 19.4 Å². The molecule has 1 saturated carbocycles. The highest BCUT2D eigenvalue weighted by atomic mass is 19.1. The average molecular weight is 581 g/mol. The van der Waals surface area contributed by atoms with Gasteiger partial charge in [-0.3, -0.25) is 14.3 Å². The van der Waals surface area contributed by atoms with Crippen LogP contribution in [0.3, 0.4) is 0 Å². The van der Waals surface area contributed by atoms with Crippen molar-refractivity contribution < 1.29 is 14.0 Å². The van der Waals surface area contributed by atoms with Gasteiger partial charge in [0.15, 0.2) is 5.82 Å². The number of carbonyl (C=O) groups excluding carboxylic acids is 2. The predicted octanol–water partition coefficient (Wildman–Crippen LogP) is 4.27. The Morgan fingerprint density at radius 1 is 1.09 bits per heavy atom. The number of rotatable bonds is 6. The summed E-state index contributed by atoms with van der Waals surface area (Å²) in [4.78, 5) is 37.8. The number of hydrogen-bond acceptors (Lipinski definition) is 7. The van der Waals surface area contributed by atoms with Crippen molar-refractivity contribution in [3.8, 4) is 17.2 Å². The smallest absolute Gasteiger partial charge is 0.275 e. The van der Waals surface area contributed by atoms with Gasteiger partial charge in [0.1, 0.15) is 29.4 Å². The van der Waals surface area contributed by atoms with Gasteiger partial charge in [0.25, 0.3) is 11.8 Å². The van der Waals surface area contributed by atoms with Crippen LogP contribution in [0.25, 0.3) is 17.2 Å². The van der Waals surface area contributed by atoms with Crippen molar-refractivity contribution in [3.63, 3.8) is 0 Å². The Morgan fingerprint density at radius 2 is 1.93 bits per heavy atom. The van der Waals surface area contributed by atoms with Crippen LogP contribution in [0.4, 0.5) is 10.2 Å². The number of aryl methyl sites for hydroxylation is 1. The minimum atomic E-state index is -0.705. The van der Waals surface area contributed by atoms with Crippen molar-refractivity contribution in [1.82, 2.24) is 44.0 Å². The molecule has 5 aromatic rings. The molecule has 13 heteroatoms. The minimum Gasteiger partial charge on any atom is -0.327 e. The Hall–Kier alpha value is -5.20. The molecule has 2 amide bonds. The van der Waals surface area contributed by atoms with Gasteiger partial charge in [0.2, 0.25) is 0 Å². The zero-order valence-electron chi connectivity index (χ0n) is 23.9. The number of nitrogens with one attached hydrogen (secondary N) is 1. The molecule has 0 spiro atoms. The summed E-state index contributed by atoms with van der Waals surface area (Å²) in [5, 5.41) is 15.2. The van der Waals surface area contributed by atoms with E-state index in [1.165, 1.54) is 12.1 Å². The summed E-state index contributed by atoms with van der Waals surface area (Å²) in [6, 6.07) is 9.78. The van der Waals surface area contributed by atoms with Crippen molar-refractivity contribution in [1.29, 1.82) is 0 Å². The van der Waals surface area contributed by atoms with Gasteiger partial charge in [-0.1, -0.05) is 6.07 Å². The molecule has 2 aliphatic rings. The quantitative estimate of drug-likeness (QED) is 0.318. The normalized spacial score (nSPS) is 14.4. The highest BCUT2D eigenvalue weighted by molar-refractivity contribution is 6.04. The fourth-order valence-electron chi connectivity index (χ4n) is 5.47. The fourth-order valence-corrected chi connectivity index (χ4v) is 5.47. The molecular weight excluding hydrogens is 551 g/mol. The molecule has 43 heavy (non-hydrogen) atoms. The van der Waals surface area contributed by atoms with Gasteiger partial charge >= 0.3 is 0 Å². The van der Waals surface area contributed by atoms with E-state index in [2.05, 4.69) is 30.6 Å². The lowest BCUT2D eigenvalue weighted by Crippen LogP contribution is -2.30. The van der Waals surface area contributed by atoms with E-state index in [4.69, 9.17) is 0 Å². The fraction of sp³-hybridized carbons (Fsp3) is 0.300. The Bertz CT molecular complexity index is 1880. The molecule has 1 aliphatic heterocycles. The molecule has 218 valence electrons. The summed E-state index contributed by atoms with van der Waals surface area (Å²) >= 11 is 0. The van der Waals surface area contributed by atoms with Crippen molar-refractivity contribution in [3.05, 3.63) is 89.3 Å². The average Bonchev–Trinajstić information content (AvgIpc) is 3.36. The number of hydrogen-bond donors (Lipinski definition) is 1. The summed E-state index contributed by atoms with van der Waals surface area (Å²) in [6.07, 6.45) is 7.10. The largest absolute Gasteiger partial charge is 0.327 e. The number of benzene rings is 1. The predicted molar refractivity (Wildman–Crippen MR) is 154 cm³/mol. The van der Waals surface area contributed by atoms with E-state index in [1.54, 1.807) is 59.7 Å². The topological polar surface area (TPSA) is 129 Å². The minimum absolute atomic E-state index is 0.113. The molecule has 12 nitrogen and oxygen atoms in total. The molecule has 0 unspecified atom stereocenters. The van der Waals surface area contributed by atoms with E-state index in [-0.39, 0.29) is 36.4 Å². The molecule has 1 fully saturated rings. The number of imidazole rings is 1. The van der Waals surface area contributed by atoms with Crippen molar-refractivity contribution in [2.24, 2.45) is 7.05 Å². The first-order valence-electron chi connectivity index (χ1n) is 14.1. The van der Waals surface area contributed by atoms with Crippen LogP contribution in [0.1, 0.15) is 76.4 Å². The van der Waals surface area contributed by atoms with Gasteiger partial charge in [0.05, 0.1) is 35.5 Å². The van der Waals surface area contributed by atoms with Gasteiger partial charge in [-0.25, -0.2) is 14.4 Å². The highest BCUT2D eigenvalue weighted by Gasteiger charge is 2.34.